The van der Waals surface area contributed by atoms with Crippen LogP contribution in [-0.2, 0) is 32.6 Å². The van der Waals surface area contributed by atoms with E-state index in [9.17, 15) is 18.0 Å². The highest BCUT2D eigenvalue weighted by molar-refractivity contribution is 9.10. The number of carbonyl (C=O) groups excluding carboxylic acids is 2. The summed E-state index contributed by atoms with van der Waals surface area (Å²) in [7, 11) is -4.30. The first-order chi connectivity index (χ1) is 22.0. The molecular formula is C35H37BrClN3O5S. The highest BCUT2D eigenvalue weighted by Gasteiger charge is 2.35. The van der Waals surface area contributed by atoms with Gasteiger partial charge in [-0.2, -0.15) is 0 Å². The van der Waals surface area contributed by atoms with Crippen LogP contribution in [0, 0.1) is 0 Å². The van der Waals surface area contributed by atoms with Crippen LogP contribution in [0.5, 0.6) is 5.75 Å². The molecule has 4 aromatic carbocycles. The van der Waals surface area contributed by atoms with Gasteiger partial charge in [-0.1, -0.05) is 82.1 Å². The number of carbonyl (C=O) groups is 2. The first-order valence-corrected chi connectivity index (χ1v) is 17.5. The molecule has 1 N–H and O–H groups in total. The molecule has 4 aromatic rings. The summed E-state index contributed by atoms with van der Waals surface area (Å²) in [5.74, 6) is -0.606. The summed E-state index contributed by atoms with van der Waals surface area (Å²) >= 11 is 9.53. The number of rotatable bonds is 14. The number of para-hydroxylation sites is 2. The average molecular weight is 727 g/mol. The van der Waals surface area contributed by atoms with Crippen molar-refractivity contribution in [2.24, 2.45) is 0 Å². The first-order valence-electron chi connectivity index (χ1n) is 14.9. The lowest BCUT2D eigenvalue weighted by Crippen LogP contribution is -2.54. The summed E-state index contributed by atoms with van der Waals surface area (Å²) in [6.07, 6.45) is 0.223. The number of nitrogens with zero attached hydrogens (tertiary/aromatic N) is 2. The molecule has 0 fully saturated rings. The van der Waals surface area contributed by atoms with Crippen molar-refractivity contribution in [3.05, 3.63) is 124 Å². The van der Waals surface area contributed by atoms with Gasteiger partial charge >= 0.3 is 0 Å². The molecule has 0 aromatic heterocycles. The van der Waals surface area contributed by atoms with Crippen molar-refractivity contribution < 1.29 is 22.7 Å². The van der Waals surface area contributed by atoms with E-state index in [2.05, 4.69) is 21.2 Å². The molecule has 1 atom stereocenters. The monoisotopic (exact) mass is 725 g/mol. The van der Waals surface area contributed by atoms with Gasteiger partial charge in [0.25, 0.3) is 10.0 Å². The quantitative estimate of drug-likeness (QED) is 0.153. The first kappa shape index (κ1) is 35.0. The van der Waals surface area contributed by atoms with Crippen molar-refractivity contribution in [2.45, 2.75) is 50.7 Å². The standard InChI is InChI=1S/C35H37BrClN3O5S/c1-4-45-33-13-9-8-12-31(33)40(46(43,44)30-20-18-29(37)19-21-30)24-34(41)39(23-27-14-16-28(36)17-15-27)32(35(42)38-25(2)3)22-26-10-6-5-7-11-26/h5-21,25,32H,4,22-24H2,1-3H3,(H,38,42)/t32-/m0/s1. The molecular weight excluding hydrogens is 690 g/mol. The van der Waals surface area contributed by atoms with Gasteiger partial charge in [0, 0.05) is 28.5 Å². The Morgan fingerprint density at radius 2 is 1.50 bits per heavy atom. The van der Waals surface area contributed by atoms with E-state index in [1.54, 1.807) is 31.2 Å². The van der Waals surface area contributed by atoms with Gasteiger partial charge in [0.1, 0.15) is 18.3 Å². The molecule has 0 heterocycles. The maximum absolute atomic E-state index is 14.6. The van der Waals surface area contributed by atoms with E-state index < -0.39 is 28.5 Å². The summed E-state index contributed by atoms with van der Waals surface area (Å²) < 4.78 is 36.2. The third-order valence-corrected chi connectivity index (χ3v) is 9.64. The van der Waals surface area contributed by atoms with Crippen molar-refractivity contribution in [1.82, 2.24) is 10.2 Å². The molecule has 0 unspecified atom stereocenters. The van der Waals surface area contributed by atoms with Crippen LogP contribution < -0.4 is 14.4 Å². The zero-order chi connectivity index (χ0) is 33.3. The minimum absolute atomic E-state index is 0.0474. The zero-order valence-corrected chi connectivity index (χ0v) is 29.1. The fourth-order valence-electron chi connectivity index (χ4n) is 4.91. The number of benzene rings is 4. The van der Waals surface area contributed by atoms with Crippen LogP contribution in [0.2, 0.25) is 5.02 Å². The predicted molar refractivity (Wildman–Crippen MR) is 185 cm³/mol. The van der Waals surface area contributed by atoms with E-state index in [4.69, 9.17) is 16.3 Å². The van der Waals surface area contributed by atoms with Gasteiger partial charge < -0.3 is 15.0 Å². The SMILES string of the molecule is CCOc1ccccc1N(CC(=O)N(Cc1ccc(Br)cc1)[C@@H](Cc1ccccc1)C(=O)NC(C)C)S(=O)(=O)c1ccc(Cl)cc1. The maximum Gasteiger partial charge on any atom is 0.264 e. The average Bonchev–Trinajstić information content (AvgIpc) is 3.03. The molecule has 4 rings (SSSR count). The van der Waals surface area contributed by atoms with Gasteiger partial charge in [0.2, 0.25) is 11.8 Å². The van der Waals surface area contributed by atoms with E-state index in [0.29, 0.717) is 10.8 Å². The summed E-state index contributed by atoms with van der Waals surface area (Å²) in [6, 6.07) is 28.1. The molecule has 0 spiro atoms. The number of hydrogen-bond acceptors (Lipinski definition) is 5. The fraction of sp³-hybridized carbons (Fsp3) is 0.257. The molecule has 46 heavy (non-hydrogen) atoms. The Kier molecular flexibility index (Phi) is 12.3. The number of amides is 2. The zero-order valence-electron chi connectivity index (χ0n) is 25.9. The van der Waals surface area contributed by atoms with E-state index in [1.807, 2.05) is 68.4 Å². The van der Waals surface area contributed by atoms with Crippen LogP contribution in [0.3, 0.4) is 0 Å². The molecule has 0 bridgehead atoms. The van der Waals surface area contributed by atoms with Gasteiger partial charge in [0.05, 0.1) is 17.2 Å². The van der Waals surface area contributed by atoms with Crippen LogP contribution in [0.4, 0.5) is 5.69 Å². The Morgan fingerprint density at radius 3 is 2.13 bits per heavy atom. The molecule has 0 saturated carbocycles. The third-order valence-electron chi connectivity index (χ3n) is 7.08. The Hall–Kier alpha value is -3.86. The van der Waals surface area contributed by atoms with E-state index in [1.165, 1.54) is 29.2 Å². The van der Waals surface area contributed by atoms with Crippen molar-refractivity contribution in [2.75, 3.05) is 17.5 Å². The Labute approximate surface area is 284 Å². The molecule has 11 heteroatoms. The van der Waals surface area contributed by atoms with Crippen molar-refractivity contribution >= 4 is 55.1 Å². The van der Waals surface area contributed by atoms with Gasteiger partial charge in [0.15, 0.2) is 0 Å². The van der Waals surface area contributed by atoms with E-state index in [-0.39, 0.29) is 42.1 Å². The molecule has 8 nitrogen and oxygen atoms in total. The van der Waals surface area contributed by atoms with Gasteiger partial charge in [-0.3, -0.25) is 13.9 Å². The van der Waals surface area contributed by atoms with Gasteiger partial charge in [-0.15, -0.1) is 0 Å². The molecule has 2 amide bonds. The second-order valence-electron chi connectivity index (χ2n) is 10.9. The fourth-order valence-corrected chi connectivity index (χ4v) is 6.72. The van der Waals surface area contributed by atoms with Crippen LogP contribution in [0.25, 0.3) is 0 Å². The highest BCUT2D eigenvalue weighted by atomic mass is 79.9. The topological polar surface area (TPSA) is 96.0 Å². The lowest BCUT2D eigenvalue weighted by Gasteiger charge is -2.34. The molecule has 0 saturated heterocycles. The number of sulfonamides is 1. The molecule has 242 valence electrons. The molecule has 0 radical (unpaired) electrons. The smallest absolute Gasteiger partial charge is 0.264 e. The third kappa shape index (κ3) is 9.11. The predicted octanol–water partition coefficient (Wildman–Crippen LogP) is 6.86. The Balaban J connectivity index is 1.84. The highest BCUT2D eigenvalue weighted by Crippen LogP contribution is 2.33. The van der Waals surface area contributed by atoms with Crippen LogP contribution in [0.15, 0.2) is 112 Å². The number of ether oxygens (including phenoxy) is 1. The number of anilines is 1. The van der Waals surface area contributed by atoms with Crippen LogP contribution >= 0.6 is 27.5 Å². The minimum atomic E-state index is -4.30. The van der Waals surface area contributed by atoms with Gasteiger partial charge in [-0.25, -0.2) is 8.42 Å². The van der Waals surface area contributed by atoms with Crippen molar-refractivity contribution in [1.29, 1.82) is 0 Å². The minimum Gasteiger partial charge on any atom is -0.492 e. The van der Waals surface area contributed by atoms with E-state index in [0.717, 1.165) is 19.9 Å². The Morgan fingerprint density at radius 1 is 0.870 bits per heavy atom. The lowest BCUT2D eigenvalue weighted by atomic mass is 10.0. The van der Waals surface area contributed by atoms with Crippen molar-refractivity contribution in [3.63, 3.8) is 0 Å². The summed E-state index contributed by atoms with van der Waals surface area (Å²) in [5, 5.41) is 3.33. The summed E-state index contributed by atoms with van der Waals surface area (Å²) in [5.41, 5.74) is 1.82. The van der Waals surface area contributed by atoms with Crippen molar-refractivity contribution in [3.8, 4) is 5.75 Å². The van der Waals surface area contributed by atoms with Crippen LogP contribution in [-0.4, -0.2) is 50.4 Å². The Bertz CT molecular complexity index is 1720. The number of halogens is 2. The van der Waals surface area contributed by atoms with Crippen LogP contribution in [0.1, 0.15) is 31.9 Å². The summed E-state index contributed by atoms with van der Waals surface area (Å²) in [4.78, 5) is 29.8. The molecule has 0 aliphatic rings. The molecule has 0 aliphatic carbocycles. The van der Waals surface area contributed by atoms with E-state index >= 15 is 0 Å². The summed E-state index contributed by atoms with van der Waals surface area (Å²) in [6.45, 7) is 5.25. The number of hydrogen-bond donors (Lipinski definition) is 1. The largest absolute Gasteiger partial charge is 0.492 e. The maximum atomic E-state index is 14.6. The second-order valence-corrected chi connectivity index (χ2v) is 14.1. The lowest BCUT2D eigenvalue weighted by molar-refractivity contribution is -0.140. The normalized spacial score (nSPS) is 12.0. The second kappa shape index (κ2) is 16.1. The number of nitrogens with one attached hydrogen (secondary N) is 1. The van der Waals surface area contributed by atoms with Gasteiger partial charge in [-0.05, 0) is 80.4 Å². The molecule has 0 aliphatic heterocycles.